The lowest BCUT2D eigenvalue weighted by atomic mass is 10.1. The molecule has 1 N–H and O–H groups in total. The summed E-state index contributed by atoms with van der Waals surface area (Å²) in [7, 11) is 0. The van der Waals surface area contributed by atoms with E-state index in [-0.39, 0.29) is 5.91 Å². The fourth-order valence-corrected chi connectivity index (χ4v) is 4.10. The summed E-state index contributed by atoms with van der Waals surface area (Å²) >= 11 is 1.42. The first-order valence-electron chi connectivity index (χ1n) is 8.46. The zero-order valence-electron chi connectivity index (χ0n) is 14.9. The summed E-state index contributed by atoms with van der Waals surface area (Å²) in [6.45, 7) is 5.96. The predicted octanol–water partition coefficient (Wildman–Crippen LogP) is 5.24. The van der Waals surface area contributed by atoms with Gasteiger partial charge in [-0.2, -0.15) is 0 Å². The second kappa shape index (κ2) is 6.42. The normalized spacial score (nSPS) is 11.0. The molecule has 2 aromatic carbocycles. The number of aromatic nitrogens is 2. The lowest BCUT2D eigenvalue weighted by Crippen LogP contribution is -2.13. The Morgan fingerprint density at radius 2 is 1.69 bits per heavy atom. The summed E-state index contributed by atoms with van der Waals surface area (Å²) in [5, 5.41) is 3.06. The molecule has 130 valence electrons. The highest BCUT2D eigenvalue weighted by atomic mass is 32.1. The van der Waals surface area contributed by atoms with Crippen LogP contribution < -0.4 is 5.32 Å². The van der Waals surface area contributed by atoms with Crippen LogP contribution in [0.4, 0.5) is 5.69 Å². The first kappa shape index (κ1) is 16.5. The number of fused-ring (bicyclic) bond motifs is 1. The van der Waals surface area contributed by atoms with Crippen molar-refractivity contribution in [2.45, 2.75) is 20.8 Å². The Bertz CT molecular complexity index is 1090. The second-order valence-electron chi connectivity index (χ2n) is 6.38. The monoisotopic (exact) mass is 361 g/mol. The first-order chi connectivity index (χ1) is 12.5. The lowest BCUT2D eigenvalue weighted by molar-refractivity contribution is 0.102. The molecule has 0 radical (unpaired) electrons. The van der Waals surface area contributed by atoms with Gasteiger partial charge in [-0.05, 0) is 31.9 Å². The number of nitrogens with zero attached hydrogens (tertiary/aromatic N) is 2. The molecule has 0 unspecified atom stereocenters. The van der Waals surface area contributed by atoms with Crippen LogP contribution in [0.5, 0.6) is 0 Å². The summed E-state index contributed by atoms with van der Waals surface area (Å²) in [5.41, 5.74) is 5.90. The summed E-state index contributed by atoms with van der Waals surface area (Å²) < 4.78 is 1.99. The minimum atomic E-state index is -0.0864. The van der Waals surface area contributed by atoms with Crippen LogP contribution in [0.25, 0.3) is 16.2 Å². The molecule has 26 heavy (non-hydrogen) atoms. The van der Waals surface area contributed by atoms with Crippen LogP contribution in [0.1, 0.15) is 26.5 Å². The smallest absolute Gasteiger partial charge is 0.267 e. The Morgan fingerprint density at radius 3 is 2.35 bits per heavy atom. The number of rotatable bonds is 3. The highest BCUT2D eigenvalue weighted by Gasteiger charge is 2.19. The van der Waals surface area contributed by atoms with Gasteiger partial charge >= 0.3 is 0 Å². The summed E-state index contributed by atoms with van der Waals surface area (Å²) in [6.07, 6.45) is 1.99. The third-order valence-corrected chi connectivity index (χ3v) is 5.71. The van der Waals surface area contributed by atoms with Crippen LogP contribution >= 0.6 is 11.3 Å². The van der Waals surface area contributed by atoms with Crippen LogP contribution in [0.15, 0.2) is 54.7 Å². The van der Waals surface area contributed by atoms with Crippen molar-refractivity contribution in [3.05, 3.63) is 76.4 Å². The molecular weight excluding hydrogens is 342 g/mol. The number of imidazole rings is 1. The van der Waals surface area contributed by atoms with Gasteiger partial charge in [-0.15, -0.1) is 0 Å². The van der Waals surface area contributed by atoms with Crippen molar-refractivity contribution in [3.63, 3.8) is 0 Å². The van der Waals surface area contributed by atoms with E-state index >= 15 is 0 Å². The van der Waals surface area contributed by atoms with Gasteiger partial charge in [-0.1, -0.05) is 59.9 Å². The molecule has 0 aliphatic rings. The van der Waals surface area contributed by atoms with Gasteiger partial charge in [-0.25, -0.2) is 4.98 Å². The van der Waals surface area contributed by atoms with E-state index in [1.165, 1.54) is 11.3 Å². The van der Waals surface area contributed by atoms with Crippen molar-refractivity contribution in [2.75, 3.05) is 5.32 Å². The standard InChI is InChI=1S/C21H19N3OS/c1-13-8-7-9-14(2)18(13)23-20(25)19-15(3)24-12-17(22-21(24)26-19)16-10-5-4-6-11-16/h4-12H,1-3H3,(H,23,25). The predicted molar refractivity (Wildman–Crippen MR) is 107 cm³/mol. The van der Waals surface area contributed by atoms with Crippen LogP contribution in [-0.4, -0.2) is 15.3 Å². The fourth-order valence-electron chi connectivity index (χ4n) is 3.09. The number of carbonyl (C=O) groups excluding carboxylic acids is 1. The molecule has 0 aliphatic heterocycles. The number of carbonyl (C=O) groups is 1. The molecular formula is C21H19N3OS. The zero-order chi connectivity index (χ0) is 18.3. The Morgan fingerprint density at radius 1 is 1.00 bits per heavy atom. The average molecular weight is 361 g/mol. The number of hydrogen-bond acceptors (Lipinski definition) is 3. The largest absolute Gasteiger partial charge is 0.321 e. The third kappa shape index (κ3) is 2.80. The van der Waals surface area contributed by atoms with Crippen LogP contribution in [0.3, 0.4) is 0 Å². The van der Waals surface area contributed by atoms with Crippen molar-refractivity contribution in [1.29, 1.82) is 0 Å². The number of anilines is 1. The second-order valence-corrected chi connectivity index (χ2v) is 7.36. The van der Waals surface area contributed by atoms with Gasteiger partial charge in [0, 0.05) is 23.1 Å². The fraction of sp³-hybridized carbons (Fsp3) is 0.143. The average Bonchev–Trinajstić information content (AvgIpc) is 3.19. The number of nitrogens with one attached hydrogen (secondary N) is 1. The molecule has 0 fully saturated rings. The summed E-state index contributed by atoms with van der Waals surface area (Å²) in [6, 6.07) is 16.1. The molecule has 0 bridgehead atoms. The Labute approximate surface area is 156 Å². The van der Waals surface area contributed by atoms with E-state index in [1.54, 1.807) is 0 Å². The van der Waals surface area contributed by atoms with Gasteiger partial charge in [0.1, 0.15) is 4.88 Å². The summed E-state index contributed by atoms with van der Waals surface area (Å²) in [5.74, 6) is -0.0864. The topological polar surface area (TPSA) is 46.4 Å². The van der Waals surface area contributed by atoms with Gasteiger partial charge in [0.25, 0.3) is 5.91 Å². The maximum Gasteiger partial charge on any atom is 0.267 e. The van der Waals surface area contributed by atoms with Crippen molar-refractivity contribution in [3.8, 4) is 11.3 Å². The van der Waals surface area contributed by atoms with Crippen LogP contribution in [0, 0.1) is 20.8 Å². The highest BCUT2D eigenvalue weighted by Crippen LogP contribution is 2.28. The van der Waals surface area contributed by atoms with E-state index in [9.17, 15) is 4.79 Å². The first-order valence-corrected chi connectivity index (χ1v) is 9.27. The van der Waals surface area contributed by atoms with E-state index in [0.29, 0.717) is 4.88 Å². The molecule has 4 rings (SSSR count). The molecule has 1 amide bonds. The third-order valence-electron chi connectivity index (χ3n) is 4.55. The lowest BCUT2D eigenvalue weighted by Gasteiger charge is -2.10. The minimum absolute atomic E-state index is 0.0864. The minimum Gasteiger partial charge on any atom is -0.321 e. The molecule has 0 spiro atoms. The van der Waals surface area contributed by atoms with Crippen molar-refractivity contribution in [2.24, 2.45) is 0 Å². The number of aryl methyl sites for hydroxylation is 3. The molecule has 4 nitrogen and oxygen atoms in total. The quantitative estimate of drug-likeness (QED) is 0.542. The molecule has 4 aromatic rings. The molecule has 0 saturated carbocycles. The summed E-state index contributed by atoms with van der Waals surface area (Å²) in [4.78, 5) is 19.0. The van der Waals surface area contributed by atoms with Gasteiger partial charge in [0.15, 0.2) is 4.96 Å². The maximum absolute atomic E-state index is 12.8. The number of hydrogen-bond donors (Lipinski definition) is 1. The molecule has 0 saturated heterocycles. The van der Waals surface area contributed by atoms with E-state index in [2.05, 4.69) is 5.32 Å². The number of benzene rings is 2. The number of thiazole rings is 1. The van der Waals surface area contributed by atoms with Gasteiger partial charge in [-0.3, -0.25) is 9.20 Å². The van der Waals surface area contributed by atoms with E-state index in [4.69, 9.17) is 4.98 Å². The van der Waals surface area contributed by atoms with Crippen molar-refractivity contribution in [1.82, 2.24) is 9.38 Å². The van der Waals surface area contributed by atoms with Crippen molar-refractivity contribution < 1.29 is 4.79 Å². The molecule has 2 aromatic heterocycles. The highest BCUT2D eigenvalue weighted by molar-refractivity contribution is 7.19. The van der Waals surface area contributed by atoms with Crippen LogP contribution in [-0.2, 0) is 0 Å². The molecule has 2 heterocycles. The SMILES string of the molecule is Cc1cccc(C)c1NC(=O)c1sc2nc(-c3ccccc3)cn2c1C. The van der Waals surface area contributed by atoms with E-state index in [0.717, 1.165) is 38.7 Å². The van der Waals surface area contributed by atoms with Gasteiger partial charge < -0.3 is 5.32 Å². The van der Waals surface area contributed by atoms with E-state index < -0.39 is 0 Å². The van der Waals surface area contributed by atoms with E-state index in [1.807, 2.05) is 79.9 Å². The number of amides is 1. The Hall–Kier alpha value is -2.92. The van der Waals surface area contributed by atoms with Crippen molar-refractivity contribution >= 4 is 27.9 Å². The zero-order valence-corrected chi connectivity index (χ0v) is 15.7. The molecule has 0 atom stereocenters. The van der Waals surface area contributed by atoms with Crippen LogP contribution in [0.2, 0.25) is 0 Å². The van der Waals surface area contributed by atoms with Gasteiger partial charge in [0.05, 0.1) is 5.69 Å². The maximum atomic E-state index is 12.8. The Balaban J connectivity index is 1.68. The molecule has 5 heteroatoms. The Kier molecular flexibility index (Phi) is 4.09. The molecule has 0 aliphatic carbocycles. The number of para-hydroxylation sites is 1. The van der Waals surface area contributed by atoms with Gasteiger partial charge in [0.2, 0.25) is 0 Å².